The molecule has 0 atom stereocenters. The van der Waals surface area contributed by atoms with Gasteiger partial charge in [-0.05, 0) is 23.3 Å². The van der Waals surface area contributed by atoms with Crippen LogP contribution >= 0.6 is 11.6 Å². The largest absolute Gasteiger partial charge is 0.447 e. The maximum absolute atomic E-state index is 11.7. The van der Waals surface area contributed by atoms with E-state index in [-0.39, 0.29) is 6.09 Å². The Labute approximate surface area is 128 Å². The zero-order chi connectivity index (χ0) is 14.7. The molecule has 1 amide bonds. The van der Waals surface area contributed by atoms with Crippen LogP contribution in [0.1, 0.15) is 11.1 Å². The van der Waals surface area contributed by atoms with Crippen LogP contribution in [0.25, 0.3) is 5.57 Å². The maximum Gasteiger partial charge on any atom is 0.414 e. The van der Waals surface area contributed by atoms with Gasteiger partial charge in [0.25, 0.3) is 0 Å². The SMILES string of the molecule is O=C1OCCN1/C=C(\c1ccccc1)c1ccc(Cl)cc1. The summed E-state index contributed by atoms with van der Waals surface area (Å²) >= 11 is 5.95. The van der Waals surface area contributed by atoms with E-state index >= 15 is 0 Å². The highest BCUT2D eigenvalue weighted by Crippen LogP contribution is 2.26. The molecule has 21 heavy (non-hydrogen) atoms. The van der Waals surface area contributed by atoms with Crippen LogP contribution in [0.15, 0.2) is 60.8 Å². The smallest absolute Gasteiger partial charge is 0.414 e. The van der Waals surface area contributed by atoms with E-state index < -0.39 is 0 Å². The Bertz CT molecular complexity index is 665. The molecule has 0 aromatic heterocycles. The molecule has 0 N–H and O–H groups in total. The van der Waals surface area contributed by atoms with Crippen LogP contribution in [0.5, 0.6) is 0 Å². The molecule has 1 heterocycles. The monoisotopic (exact) mass is 299 g/mol. The number of carbonyl (C=O) groups excluding carboxylic acids is 1. The van der Waals surface area contributed by atoms with Gasteiger partial charge >= 0.3 is 6.09 Å². The highest BCUT2D eigenvalue weighted by atomic mass is 35.5. The lowest BCUT2D eigenvalue weighted by Crippen LogP contribution is -2.17. The van der Waals surface area contributed by atoms with Gasteiger partial charge < -0.3 is 4.74 Å². The predicted molar refractivity (Wildman–Crippen MR) is 83.0 cm³/mol. The first-order valence-electron chi connectivity index (χ1n) is 6.70. The average Bonchev–Trinajstić information content (AvgIpc) is 2.92. The zero-order valence-corrected chi connectivity index (χ0v) is 12.1. The molecule has 2 aromatic carbocycles. The van der Waals surface area contributed by atoms with Gasteiger partial charge in [0.1, 0.15) is 6.61 Å². The number of ether oxygens (including phenoxy) is 1. The van der Waals surface area contributed by atoms with Crippen molar-refractivity contribution in [2.45, 2.75) is 0 Å². The Morgan fingerprint density at radius 1 is 1.05 bits per heavy atom. The van der Waals surface area contributed by atoms with Crippen LogP contribution in [0.3, 0.4) is 0 Å². The van der Waals surface area contributed by atoms with Crippen molar-refractivity contribution in [1.29, 1.82) is 0 Å². The Morgan fingerprint density at radius 3 is 2.33 bits per heavy atom. The molecule has 0 unspecified atom stereocenters. The number of halogens is 1. The van der Waals surface area contributed by atoms with E-state index in [2.05, 4.69) is 0 Å². The molecule has 1 saturated heterocycles. The van der Waals surface area contributed by atoms with E-state index in [9.17, 15) is 4.79 Å². The van der Waals surface area contributed by atoms with Crippen LogP contribution in [-0.2, 0) is 4.74 Å². The number of nitrogens with zero attached hydrogens (tertiary/aromatic N) is 1. The lowest BCUT2D eigenvalue weighted by molar-refractivity contribution is 0.166. The van der Waals surface area contributed by atoms with Gasteiger partial charge in [0.05, 0.1) is 6.54 Å². The summed E-state index contributed by atoms with van der Waals surface area (Å²) in [6, 6.07) is 17.5. The minimum Gasteiger partial charge on any atom is -0.447 e. The second-order valence-corrected chi connectivity index (χ2v) is 5.16. The van der Waals surface area contributed by atoms with Crippen LogP contribution in [0, 0.1) is 0 Å². The normalized spacial score (nSPS) is 15.2. The zero-order valence-electron chi connectivity index (χ0n) is 11.3. The summed E-state index contributed by atoms with van der Waals surface area (Å²) in [5.41, 5.74) is 3.01. The molecule has 0 saturated carbocycles. The summed E-state index contributed by atoms with van der Waals surface area (Å²) in [4.78, 5) is 13.3. The van der Waals surface area contributed by atoms with Gasteiger partial charge in [-0.2, -0.15) is 0 Å². The summed E-state index contributed by atoms with van der Waals surface area (Å²) < 4.78 is 4.98. The van der Waals surface area contributed by atoms with E-state index in [0.717, 1.165) is 16.7 Å². The Hall–Kier alpha value is -2.26. The molecule has 1 fully saturated rings. The first kappa shape index (κ1) is 13.7. The minimum atomic E-state index is -0.308. The molecule has 3 nitrogen and oxygen atoms in total. The van der Waals surface area contributed by atoms with E-state index in [1.807, 2.05) is 60.8 Å². The van der Waals surface area contributed by atoms with Crippen molar-refractivity contribution >= 4 is 23.3 Å². The van der Waals surface area contributed by atoms with Gasteiger partial charge in [-0.25, -0.2) is 4.79 Å². The number of hydrogen-bond donors (Lipinski definition) is 0. The molecular weight excluding hydrogens is 286 g/mol. The molecule has 2 aromatic rings. The Kier molecular flexibility index (Phi) is 3.93. The first-order valence-corrected chi connectivity index (χ1v) is 7.08. The van der Waals surface area contributed by atoms with Gasteiger partial charge in [0.2, 0.25) is 0 Å². The van der Waals surface area contributed by atoms with Crippen molar-refractivity contribution in [1.82, 2.24) is 4.90 Å². The first-order chi connectivity index (χ1) is 10.2. The van der Waals surface area contributed by atoms with Crippen LogP contribution in [-0.4, -0.2) is 24.1 Å². The third kappa shape index (κ3) is 3.09. The van der Waals surface area contributed by atoms with Crippen molar-refractivity contribution in [3.05, 3.63) is 76.9 Å². The third-order valence-electron chi connectivity index (χ3n) is 3.32. The molecule has 4 heteroatoms. The van der Waals surface area contributed by atoms with Gasteiger partial charge in [-0.1, -0.05) is 54.1 Å². The van der Waals surface area contributed by atoms with Crippen molar-refractivity contribution in [2.75, 3.05) is 13.2 Å². The van der Waals surface area contributed by atoms with Crippen molar-refractivity contribution in [3.8, 4) is 0 Å². The molecule has 0 spiro atoms. The molecule has 1 aliphatic rings. The summed E-state index contributed by atoms with van der Waals surface area (Å²) in [7, 11) is 0. The Morgan fingerprint density at radius 2 is 1.71 bits per heavy atom. The topological polar surface area (TPSA) is 29.5 Å². The molecular formula is C17H14ClNO2. The summed E-state index contributed by atoms with van der Waals surface area (Å²) in [6.07, 6.45) is 1.53. The lowest BCUT2D eigenvalue weighted by atomic mass is 9.99. The van der Waals surface area contributed by atoms with Gasteiger partial charge in [0.15, 0.2) is 0 Å². The molecule has 0 bridgehead atoms. The van der Waals surface area contributed by atoms with E-state index in [1.165, 1.54) is 0 Å². The summed E-state index contributed by atoms with van der Waals surface area (Å²) in [5, 5.41) is 0.687. The second kappa shape index (κ2) is 6.02. The number of benzene rings is 2. The van der Waals surface area contributed by atoms with E-state index in [0.29, 0.717) is 18.2 Å². The van der Waals surface area contributed by atoms with Gasteiger partial charge in [-0.15, -0.1) is 0 Å². The second-order valence-electron chi connectivity index (χ2n) is 4.72. The van der Waals surface area contributed by atoms with Crippen molar-refractivity contribution in [3.63, 3.8) is 0 Å². The molecule has 0 radical (unpaired) electrons. The number of amides is 1. The molecule has 3 rings (SSSR count). The number of carbonyl (C=O) groups is 1. The van der Waals surface area contributed by atoms with Crippen LogP contribution < -0.4 is 0 Å². The number of rotatable bonds is 3. The van der Waals surface area contributed by atoms with E-state index in [4.69, 9.17) is 16.3 Å². The fraction of sp³-hybridized carbons (Fsp3) is 0.118. The molecule has 1 aliphatic heterocycles. The summed E-state index contributed by atoms with van der Waals surface area (Å²) in [5.74, 6) is 0. The highest BCUT2D eigenvalue weighted by molar-refractivity contribution is 6.30. The molecule has 106 valence electrons. The third-order valence-corrected chi connectivity index (χ3v) is 3.57. The van der Waals surface area contributed by atoms with Crippen molar-refractivity contribution < 1.29 is 9.53 Å². The fourth-order valence-corrected chi connectivity index (χ4v) is 2.37. The quantitative estimate of drug-likeness (QED) is 0.851. The fourth-order valence-electron chi connectivity index (χ4n) is 2.24. The van der Waals surface area contributed by atoms with Gasteiger partial charge in [0, 0.05) is 16.8 Å². The standard InChI is InChI=1S/C17H14ClNO2/c18-15-8-6-14(7-9-15)16(13-4-2-1-3-5-13)12-19-10-11-21-17(19)20/h1-9,12H,10-11H2/b16-12+. The predicted octanol–water partition coefficient (Wildman–Crippen LogP) is 4.18. The van der Waals surface area contributed by atoms with Crippen molar-refractivity contribution in [2.24, 2.45) is 0 Å². The maximum atomic E-state index is 11.7. The van der Waals surface area contributed by atoms with E-state index in [1.54, 1.807) is 4.90 Å². The van der Waals surface area contributed by atoms with Crippen LogP contribution in [0.4, 0.5) is 4.79 Å². The summed E-state index contributed by atoms with van der Waals surface area (Å²) in [6.45, 7) is 1.00. The highest BCUT2D eigenvalue weighted by Gasteiger charge is 2.21. The minimum absolute atomic E-state index is 0.308. The lowest BCUT2D eigenvalue weighted by Gasteiger charge is -2.13. The number of hydrogen-bond acceptors (Lipinski definition) is 2. The molecule has 0 aliphatic carbocycles. The van der Waals surface area contributed by atoms with Crippen LogP contribution in [0.2, 0.25) is 5.02 Å². The number of cyclic esters (lactones) is 1. The van der Waals surface area contributed by atoms with Gasteiger partial charge in [-0.3, -0.25) is 4.90 Å². The Balaban J connectivity index is 2.04. The average molecular weight is 300 g/mol.